The van der Waals surface area contributed by atoms with E-state index >= 15 is 0 Å². The molecule has 2 bridgehead atoms. The fourth-order valence-corrected chi connectivity index (χ4v) is 3.65. The highest BCUT2D eigenvalue weighted by atomic mass is 35.5. The van der Waals surface area contributed by atoms with Crippen molar-refractivity contribution in [3.05, 3.63) is 41.4 Å². The SMILES string of the molecule is O=C1[C@H]2[C@@H](C(=O)N1c1ccc(Cl)cc1)[C@@]1(CO)C=C[C@H]2O1. The van der Waals surface area contributed by atoms with Crippen molar-refractivity contribution < 1.29 is 19.4 Å². The minimum Gasteiger partial charge on any atom is -0.393 e. The minimum absolute atomic E-state index is 0.281. The molecule has 108 valence electrons. The molecule has 0 spiro atoms. The van der Waals surface area contributed by atoms with Gasteiger partial charge in [0.1, 0.15) is 5.60 Å². The molecule has 0 aromatic heterocycles. The van der Waals surface area contributed by atoms with Gasteiger partial charge >= 0.3 is 0 Å². The number of ether oxygens (including phenoxy) is 1. The monoisotopic (exact) mass is 305 g/mol. The average Bonchev–Trinajstić information content (AvgIpc) is 3.12. The van der Waals surface area contributed by atoms with Gasteiger partial charge in [-0.15, -0.1) is 0 Å². The second-order valence-electron chi connectivity index (χ2n) is 5.55. The van der Waals surface area contributed by atoms with Crippen LogP contribution in [0.15, 0.2) is 36.4 Å². The highest BCUT2D eigenvalue weighted by Crippen LogP contribution is 2.52. The zero-order chi connectivity index (χ0) is 14.8. The van der Waals surface area contributed by atoms with Crippen LogP contribution in [0.1, 0.15) is 0 Å². The van der Waals surface area contributed by atoms with Gasteiger partial charge in [0.15, 0.2) is 0 Å². The van der Waals surface area contributed by atoms with Crippen LogP contribution in [0.5, 0.6) is 0 Å². The fraction of sp³-hybridized carbons (Fsp3) is 0.333. The Balaban J connectivity index is 1.77. The van der Waals surface area contributed by atoms with Crippen molar-refractivity contribution >= 4 is 29.1 Å². The molecule has 1 aromatic carbocycles. The topological polar surface area (TPSA) is 66.8 Å². The maximum Gasteiger partial charge on any atom is 0.241 e. The molecule has 2 fully saturated rings. The predicted molar refractivity (Wildman–Crippen MR) is 74.8 cm³/mol. The van der Waals surface area contributed by atoms with Gasteiger partial charge in [-0.1, -0.05) is 23.8 Å². The maximum absolute atomic E-state index is 12.7. The van der Waals surface area contributed by atoms with E-state index in [0.717, 1.165) is 0 Å². The number of aliphatic hydroxyl groups is 1. The van der Waals surface area contributed by atoms with Crippen molar-refractivity contribution in [1.82, 2.24) is 0 Å². The number of halogens is 1. The van der Waals surface area contributed by atoms with Crippen molar-refractivity contribution in [3.63, 3.8) is 0 Å². The van der Waals surface area contributed by atoms with E-state index in [1.165, 1.54) is 4.90 Å². The zero-order valence-corrected chi connectivity index (χ0v) is 11.7. The summed E-state index contributed by atoms with van der Waals surface area (Å²) < 4.78 is 5.67. The Morgan fingerprint density at radius 3 is 2.62 bits per heavy atom. The first kappa shape index (κ1) is 13.0. The summed E-state index contributed by atoms with van der Waals surface area (Å²) in [7, 11) is 0. The molecule has 0 saturated carbocycles. The number of amides is 2. The number of nitrogens with zero attached hydrogens (tertiary/aromatic N) is 1. The molecule has 3 aliphatic heterocycles. The van der Waals surface area contributed by atoms with E-state index < -0.39 is 23.5 Å². The lowest BCUT2D eigenvalue weighted by Crippen LogP contribution is -2.43. The van der Waals surface area contributed by atoms with Crippen LogP contribution in [0.25, 0.3) is 0 Å². The summed E-state index contributed by atoms with van der Waals surface area (Å²) in [6.45, 7) is -0.311. The van der Waals surface area contributed by atoms with Crippen molar-refractivity contribution in [2.45, 2.75) is 11.7 Å². The van der Waals surface area contributed by atoms with E-state index in [0.29, 0.717) is 10.7 Å². The van der Waals surface area contributed by atoms with Crippen LogP contribution in [-0.2, 0) is 14.3 Å². The van der Waals surface area contributed by atoms with Gasteiger partial charge in [-0.05, 0) is 24.3 Å². The van der Waals surface area contributed by atoms with Gasteiger partial charge in [0, 0.05) is 5.02 Å². The Morgan fingerprint density at radius 2 is 1.95 bits per heavy atom. The molecule has 3 heterocycles. The third-order valence-corrected chi connectivity index (χ3v) is 4.74. The predicted octanol–water partition coefficient (Wildman–Crippen LogP) is 1.15. The molecule has 3 aliphatic rings. The summed E-state index contributed by atoms with van der Waals surface area (Å²) in [4.78, 5) is 26.5. The standard InChI is InChI=1S/C15H12ClNO4/c16-8-1-3-9(4-2-8)17-13(19)11-10-5-6-15(7-18,21-10)12(11)14(17)20/h1-6,10-12,18H,7H2/t10-,11-,12+,15+/m1/s1. The summed E-state index contributed by atoms with van der Waals surface area (Å²) in [6.07, 6.45) is 3.03. The lowest BCUT2D eigenvalue weighted by molar-refractivity contribution is -0.128. The molecule has 0 unspecified atom stereocenters. The third kappa shape index (κ3) is 1.54. The first-order chi connectivity index (χ1) is 10.1. The average molecular weight is 306 g/mol. The quantitative estimate of drug-likeness (QED) is 0.657. The van der Waals surface area contributed by atoms with Gasteiger partial charge in [-0.2, -0.15) is 0 Å². The van der Waals surface area contributed by atoms with Crippen LogP contribution in [0, 0.1) is 11.8 Å². The molecule has 1 aromatic rings. The molecular formula is C15H12ClNO4. The molecule has 1 N–H and O–H groups in total. The van der Waals surface area contributed by atoms with Gasteiger partial charge in [-0.25, -0.2) is 4.90 Å². The molecule has 21 heavy (non-hydrogen) atoms. The number of aliphatic hydroxyl groups excluding tert-OH is 1. The summed E-state index contributed by atoms with van der Waals surface area (Å²) in [5.74, 6) is -1.81. The summed E-state index contributed by atoms with van der Waals surface area (Å²) in [5, 5.41) is 10.1. The van der Waals surface area contributed by atoms with E-state index in [1.54, 1.807) is 36.4 Å². The number of rotatable bonds is 2. The smallest absolute Gasteiger partial charge is 0.241 e. The van der Waals surface area contributed by atoms with Crippen molar-refractivity contribution in [3.8, 4) is 0 Å². The van der Waals surface area contributed by atoms with Crippen molar-refractivity contribution in [1.29, 1.82) is 0 Å². The summed E-state index contributed by atoms with van der Waals surface area (Å²) in [6, 6.07) is 6.55. The van der Waals surface area contributed by atoms with Crippen LogP contribution in [0.2, 0.25) is 5.02 Å². The Labute approximate surface area is 125 Å². The number of carbonyl (C=O) groups is 2. The largest absolute Gasteiger partial charge is 0.393 e. The van der Waals surface area contributed by atoms with Gasteiger partial charge in [-0.3, -0.25) is 9.59 Å². The molecule has 4 atom stereocenters. The van der Waals surface area contributed by atoms with E-state index in [9.17, 15) is 14.7 Å². The Hall–Kier alpha value is -1.69. The molecule has 4 rings (SSSR count). The first-order valence-electron chi connectivity index (χ1n) is 6.69. The van der Waals surface area contributed by atoms with Gasteiger partial charge in [0.2, 0.25) is 11.8 Å². The highest BCUT2D eigenvalue weighted by molar-refractivity contribution is 6.31. The number of fused-ring (bicyclic) bond motifs is 5. The lowest BCUT2D eigenvalue weighted by Gasteiger charge is -2.26. The van der Waals surface area contributed by atoms with E-state index in [1.807, 2.05) is 0 Å². The number of benzene rings is 1. The second kappa shape index (κ2) is 4.16. The number of anilines is 1. The Kier molecular flexibility index (Phi) is 2.58. The molecular weight excluding hydrogens is 294 g/mol. The minimum atomic E-state index is -1.05. The number of carbonyl (C=O) groups excluding carboxylic acids is 2. The zero-order valence-electron chi connectivity index (χ0n) is 10.9. The molecule has 2 saturated heterocycles. The van der Waals surface area contributed by atoms with Crippen LogP contribution in [-0.4, -0.2) is 35.2 Å². The maximum atomic E-state index is 12.7. The summed E-state index contributed by atoms with van der Waals surface area (Å²) >= 11 is 5.84. The first-order valence-corrected chi connectivity index (χ1v) is 7.07. The Morgan fingerprint density at radius 1 is 1.24 bits per heavy atom. The molecule has 5 nitrogen and oxygen atoms in total. The number of hydrogen-bond donors (Lipinski definition) is 1. The van der Waals surface area contributed by atoms with E-state index in [2.05, 4.69) is 0 Å². The van der Waals surface area contributed by atoms with Crippen LogP contribution in [0.4, 0.5) is 5.69 Å². The number of hydrogen-bond acceptors (Lipinski definition) is 4. The molecule has 6 heteroatoms. The fourth-order valence-electron chi connectivity index (χ4n) is 3.53. The van der Waals surface area contributed by atoms with Crippen LogP contribution in [0.3, 0.4) is 0 Å². The van der Waals surface area contributed by atoms with Crippen LogP contribution >= 0.6 is 11.6 Å². The normalized spacial score (nSPS) is 36.7. The van der Waals surface area contributed by atoms with Gasteiger partial charge in [0.05, 0.1) is 30.2 Å². The number of imide groups is 1. The Bertz CT molecular complexity index is 671. The van der Waals surface area contributed by atoms with E-state index in [-0.39, 0.29) is 18.4 Å². The second-order valence-corrected chi connectivity index (χ2v) is 5.98. The van der Waals surface area contributed by atoms with Crippen LogP contribution < -0.4 is 4.90 Å². The lowest BCUT2D eigenvalue weighted by atomic mass is 9.77. The summed E-state index contributed by atoms with van der Waals surface area (Å²) in [5.41, 5.74) is -0.556. The van der Waals surface area contributed by atoms with Gasteiger partial charge < -0.3 is 9.84 Å². The van der Waals surface area contributed by atoms with Crippen molar-refractivity contribution in [2.24, 2.45) is 11.8 Å². The molecule has 0 radical (unpaired) electrons. The highest BCUT2D eigenvalue weighted by Gasteiger charge is 2.67. The third-order valence-electron chi connectivity index (χ3n) is 4.49. The van der Waals surface area contributed by atoms with E-state index in [4.69, 9.17) is 16.3 Å². The van der Waals surface area contributed by atoms with Crippen molar-refractivity contribution in [2.75, 3.05) is 11.5 Å². The molecule has 0 aliphatic carbocycles. The van der Waals surface area contributed by atoms with Gasteiger partial charge in [0.25, 0.3) is 0 Å². The molecule has 2 amide bonds.